The molecule has 21 heavy (non-hydrogen) atoms. The highest BCUT2D eigenvalue weighted by Gasteiger charge is 2.22. The van der Waals surface area contributed by atoms with Crippen molar-refractivity contribution in [1.29, 1.82) is 0 Å². The molecule has 1 amide bonds. The lowest BCUT2D eigenvalue weighted by atomic mass is 10.1. The summed E-state index contributed by atoms with van der Waals surface area (Å²) in [5.74, 6) is -2.32. The Morgan fingerprint density at radius 3 is 2.38 bits per heavy atom. The van der Waals surface area contributed by atoms with E-state index in [1.54, 1.807) is 37.3 Å². The van der Waals surface area contributed by atoms with Crippen LogP contribution in [0.15, 0.2) is 48.5 Å². The van der Waals surface area contributed by atoms with Crippen LogP contribution in [0, 0.1) is 12.7 Å². The molecule has 2 rings (SSSR count). The van der Waals surface area contributed by atoms with Crippen LogP contribution in [0.3, 0.4) is 0 Å². The molecule has 5 heteroatoms. The predicted octanol–water partition coefficient (Wildman–Crippen LogP) is 2.69. The molecule has 0 unspecified atom stereocenters. The van der Waals surface area contributed by atoms with E-state index in [0.29, 0.717) is 11.1 Å². The summed E-state index contributed by atoms with van der Waals surface area (Å²) in [5.41, 5.74) is 0.954. The number of carboxylic acid groups (broad SMARTS) is 1. The highest BCUT2D eigenvalue weighted by Crippen LogP contribution is 2.15. The highest BCUT2D eigenvalue weighted by atomic mass is 19.1. The summed E-state index contributed by atoms with van der Waals surface area (Å²) in [7, 11) is 0. The molecule has 0 saturated heterocycles. The van der Waals surface area contributed by atoms with Crippen LogP contribution in [0.2, 0.25) is 0 Å². The first-order chi connectivity index (χ1) is 9.99. The van der Waals surface area contributed by atoms with Crippen LogP contribution in [0.5, 0.6) is 0 Å². The second kappa shape index (κ2) is 6.17. The smallest absolute Gasteiger partial charge is 0.330 e. The number of rotatable bonds is 4. The van der Waals surface area contributed by atoms with Crippen molar-refractivity contribution in [3.05, 3.63) is 71.0 Å². The molecule has 2 N–H and O–H groups in total. The van der Waals surface area contributed by atoms with Gasteiger partial charge in [0, 0.05) is 5.56 Å². The van der Waals surface area contributed by atoms with Crippen molar-refractivity contribution in [2.24, 2.45) is 0 Å². The van der Waals surface area contributed by atoms with Gasteiger partial charge in [-0.25, -0.2) is 9.18 Å². The molecule has 0 bridgehead atoms. The van der Waals surface area contributed by atoms with E-state index in [1.165, 1.54) is 12.1 Å². The maximum Gasteiger partial charge on any atom is 0.330 e. The lowest BCUT2D eigenvalue weighted by Gasteiger charge is -2.15. The fraction of sp³-hybridized carbons (Fsp3) is 0.125. The van der Waals surface area contributed by atoms with Gasteiger partial charge in [-0.3, -0.25) is 4.79 Å². The first-order valence-corrected chi connectivity index (χ1v) is 6.34. The van der Waals surface area contributed by atoms with E-state index < -0.39 is 23.7 Å². The van der Waals surface area contributed by atoms with E-state index in [9.17, 15) is 19.1 Å². The lowest BCUT2D eigenvalue weighted by Crippen LogP contribution is -2.33. The van der Waals surface area contributed by atoms with Gasteiger partial charge in [0.15, 0.2) is 6.04 Å². The first-order valence-electron chi connectivity index (χ1n) is 6.34. The molecule has 0 saturated carbocycles. The van der Waals surface area contributed by atoms with Gasteiger partial charge < -0.3 is 10.4 Å². The summed E-state index contributed by atoms with van der Waals surface area (Å²) < 4.78 is 13.5. The number of carbonyl (C=O) groups is 2. The van der Waals surface area contributed by atoms with Gasteiger partial charge in [-0.1, -0.05) is 36.4 Å². The Balaban J connectivity index is 2.23. The Kier molecular flexibility index (Phi) is 4.33. The van der Waals surface area contributed by atoms with E-state index in [2.05, 4.69) is 5.32 Å². The summed E-state index contributed by atoms with van der Waals surface area (Å²) in [4.78, 5) is 23.4. The third-order valence-corrected chi connectivity index (χ3v) is 3.09. The average Bonchev–Trinajstić information content (AvgIpc) is 2.48. The van der Waals surface area contributed by atoms with Crippen LogP contribution in [-0.4, -0.2) is 17.0 Å². The minimum Gasteiger partial charge on any atom is -0.479 e. The maximum absolute atomic E-state index is 13.5. The number of carboxylic acids is 1. The molecule has 0 aromatic heterocycles. The van der Waals surface area contributed by atoms with Crippen LogP contribution in [0.25, 0.3) is 0 Å². The molecule has 0 spiro atoms. The second-order valence-corrected chi connectivity index (χ2v) is 4.62. The average molecular weight is 287 g/mol. The van der Waals surface area contributed by atoms with Crippen LogP contribution >= 0.6 is 0 Å². The van der Waals surface area contributed by atoms with Gasteiger partial charge in [0.1, 0.15) is 5.82 Å². The number of halogens is 1. The van der Waals surface area contributed by atoms with E-state index >= 15 is 0 Å². The predicted molar refractivity (Wildman–Crippen MR) is 75.4 cm³/mol. The highest BCUT2D eigenvalue weighted by molar-refractivity contribution is 5.96. The van der Waals surface area contributed by atoms with Crippen LogP contribution < -0.4 is 5.32 Å². The van der Waals surface area contributed by atoms with Gasteiger partial charge in [-0.05, 0) is 30.2 Å². The molecular weight excluding hydrogens is 273 g/mol. The van der Waals surface area contributed by atoms with Gasteiger partial charge in [0.2, 0.25) is 0 Å². The molecule has 108 valence electrons. The molecule has 0 aliphatic heterocycles. The zero-order valence-corrected chi connectivity index (χ0v) is 11.3. The van der Waals surface area contributed by atoms with Gasteiger partial charge in [-0.2, -0.15) is 0 Å². The van der Waals surface area contributed by atoms with E-state index in [0.717, 1.165) is 6.07 Å². The van der Waals surface area contributed by atoms with Crippen LogP contribution in [-0.2, 0) is 4.79 Å². The van der Waals surface area contributed by atoms with Crippen molar-refractivity contribution in [2.75, 3.05) is 0 Å². The van der Waals surface area contributed by atoms with Crippen LogP contribution in [0.4, 0.5) is 4.39 Å². The number of benzene rings is 2. The largest absolute Gasteiger partial charge is 0.479 e. The number of hydrogen-bond donors (Lipinski definition) is 2. The molecule has 0 aliphatic rings. The van der Waals surface area contributed by atoms with E-state index in [-0.39, 0.29) is 5.56 Å². The first kappa shape index (κ1) is 14.7. The third-order valence-electron chi connectivity index (χ3n) is 3.09. The summed E-state index contributed by atoms with van der Waals surface area (Å²) in [5, 5.41) is 11.6. The summed E-state index contributed by atoms with van der Waals surface area (Å²) in [6, 6.07) is 11.2. The van der Waals surface area contributed by atoms with Crippen molar-refractivity contribution in [1.82, 2.24) is 5.32 Å². The fourth-order valence-corrected chi connectivity index (χ4v) is 1.88. The summed E-state index contributed by atoms with van der Waals surface area (Å²) in [6.45, 7) is 1.58. The van der Waals surface area contributed by atoms with Crippen LogP contribution in [0.1, 0.15) is 27.5 Å². The van der Waals surface area contributed by atoms with Crippen molar-refractivity contribution in [2.45, 2.75) is 13.0 Å². The molecule has 0 heterocycles. The second-order valence-electron chi connectivity index (χ2n) is 4.62. The molecule has 0 aliphatic carbocycles. The van der Waals surface area contributed by atoms with Crippen molar-refractivity contribution in [3.8, 4) is 0 Å². The number of nitrogens with one attached hydrogen (secondary N) is 1. The van der Waals surface area contributed by atoms with Crippen molar-refractivity contribution >= 4 is 11.9 Å². The number of amides is 1. The standard InChI is InChI=1S/C16H14FNO3/c1-10-7-8-12(9-13(10)17)15(19)18-14(16(20)21)11-5-3-2-4-6-11/h2-9,14H,1H3,(H,18,19)(H,20,21)/t14-/m0/s1. The van der Waals surface area contributed by atoms with Gasteiger partial charge in [0.05, 0.1) is 0 Å². The Labute approximate surface area is 121 Å². The monoisotopic (exact) mass is 287 g/mol. The fourth-order valence-electron chi connectivity index (χ4n) is 1.88. The molecular formula is C16H14FNO3. The van der Waals surface area contributed by atoms with Gasteiger partial charge >= 0.3 is 5.97 Å². The SMILES string of the molecule is Cc1ccc(C(=O)N[C@H](C(=O)O)c2ccccc2)cc1F. The number of aryl methyl sites for hydroxylation is 1. The van der Waals surface area contributed by atoms with Gasteiger partial charge in [-0.15, -0.1) is 0 Å². The molecule has 0 fully saturated rings. The third kappa shape index (κ3) is 3.45. The molecule has 4 nitrogen and oxygen atoms in total. The van der Waals surface area contributed by atoms with E-state index in [4.69, 9.17) is 0 Å². The zero-order valence-electron chi connectivity index (χ0n) is 11.3. The van der Waals surface area contributed by atoms with E-state index in [1.807, 2.05) is 0 Å². The molecule has 2 aromatic carbocycles. The summed E-state index contributed by atoms with van der Waals surface area (Å²) in [6.07, 6.45) is 0. The number of hydrogen-bond acceptors (Lipinski definition) is 2. The van der Waals surface area contributed by atoms with Crippen molar-refractivity contribution < 1.29 is 19.1 Å². The topological polar surface area (TPSA) is 66.4 Å². The Hall–Kier alpha value is -2.69. The normalized spacial score (nSPS) is 11.7. The Morgan fingerprint density at radius 2 is 1.81 bits per heavy atom. The molecule has 1 atom stereocenters. The number of carbonyl (C=O) groups excluding carboxylic acids is 1. The quantitative estimate of drug-likeness (QED) is 0.908. The summed E-state index contributed by atoms with van der Waals surface area (Å²) >= 11 is 0. The lowest BCUT2D eigenvalue weighted by molar-refractivity contribution is -0.139. The van der Waals surface area contributed by atoms with Crippen molar-refractivity contribution in [3.63, 3.8) is 0 Å². The zero-order chi connectivity index (χ0) is 15.4. The molecule has 2 aromatic rings. The maximum atomic E-state index is 13.5. The minimum atomic E-state index is -1.18. The Morgan fingerprint density at radius 1 is 1.14 bits per heavy atom. The molecule has 0 radical (unpaired) electrons. The van der Waals surface area contributed by atoms with Gasteiger partial charge in [0.25, 0.3) is 5.91 Å². The minimum absolute atomic E-state index is 0.0836. The number of aliphatic carboxylic acids is 1. The Bertz CT molecular complexity index is 670.